The second kappa shape index (κ2) is 12.1. The van der Waals surface area contributed by atoms with Crippen LogP contribution in [0.15, 0.2) is 188 Å². The SMILES string of the molecule is c1ccc(-c2nc(-c3cccc(-n4c5ccccc5c5ccc(-n6c7ccccc7c7ccccc76)cc54)c3)nc(-c3ccc4ccccc4c3)n2)cc1. The Morgan fingerprint density at radius 2 is 0.759 bits per heavy atom. The third-order valence-electron chi connectivity index (χ3n) is 10.5. The van der Waals surface area contributed by atoms with E-state index in [1.807, 2.05) is 30.3 Å². The Morgan fingerprint density at radius 3 is 1.43 bits per heavy atom. The standard InChI is InChI=1S/C49H31N5/c1-2-14-33(15-3-1)47-50-48(52-49(51-47)36-26-25-32-13-4-5-16-34(32)29-36)35-17-12-18-37(30-35)54-45-24-11-8-21-41(45)42-28-27-38(31-46(42)54)53-43-22-9-6-19-39(43)40-20-7-10-23-44(40)53/h1-31H. The topological polar surface area (TPSA) is 48.5 Å². The summed E-state index contributed by atoms with van der Waals surface area (Å²) in [5.41, 5.74) is 9.61. The summed E-state index contributed by atoms with van der Waals surface area (Å²) in [6.07, 6.45) is 0. The van der Waals surface area contributed by atoms with Gasteiger partial charge in [-0.2, -0.15) is 0 Å². The van der Waals surface area contributed by atoms with Crippen molar-refractivity contribution in [3.05, 3.63) is 188 Å². The minimum Gasteiger partial charge on any atom is -0.309 e. The van der Waals surface area contributed by atoms with Gasteiger partial charge in [-0.25, -0.2) is 15.0 Å². The molecule has 0 saturated carbocycles. The highest BCUT2D eigenvalue weighted by Crippen LogP contribution is 2.37. The number of benzene rings is 8. The molecule has 0 fully saturated rings. The number of rotatable bonds is 5. The van der Waals surface area contributed by atoms with Gasteiger partial charge in [-0.1, -0.05) is 140 Å². The molecule has 11 aromatic rings. The molecule has 0 unspecified atom stereocenters. The summed E-state index contributed by atoms with van der Waals surface area (Å²) >= 11 is 0. The summed E-state index contributed by atoms with van der Waals surface area (Å²) in [6, 6.07) is 66.3. The molecule has 0 N–H and O–H groups in total. The van der Waals surface area contributed by atoms with E-state index in [1.165, 1.54) is 38.0 Å². The fourth-order valence-electron chi connectivity index (χ4n) is 8.04. The quantitative estimate of drug-likeness (QED) is 0.181. The van der Waals surface area contributed by atoms with E-state index in [-0.39, 0.29) is 0 Å². The van der Waals surface area contributed by atoms with Crippen LogP contribution in [0.3, 0.4) is 0 Å². The monoisotopic (exact) mass is 689 g/mol. The lowest BCUT2D eigenvalue weighted by atomic mass is 10.1. The zero-order valence-corrected chi connectivity index (χ0v) is 29.1. The Hall–Kier alpha value is -7.37. The molecule has 0 atom stereocenters. The van der Waals surface area contributed by atoms with E-state index in [0.717, 1.165) is 44.5 Å². The average Bonchev–Trinajstić information content (AvgIpc) is 3.76. The fourth-order valence-corrected chi connectivity index (χ4v) is 8.04. The highest BCUT2D eigenvalue weighted by Gasteiger charge is 2.18. The van der Waals surface area contributed by atoms with Crippen molar-refractivity contribution in [2.24, 2.45) is 0 Å². The van der Waals surface area contributed by atoms with Crippen LogP contribution in [0.2, 0.25) is 0 Å². The lowest BCUT2D eigenvalue weighted by Crippen LogP contribution is -2.01. The van der Waals surface area contributed by atoms with Crippen LogP contribution in [0.25, 0.3) is 99.9 Å². The van der Waals surface area contributed by atoms with Crippen molar-refractivity contribution >= 4 is 54.4 Å². The molecule has 252 valence electrons. The molecule has 8 aromatic carbocycles. The van der Waals surface area contributed by atoms with Crippen LogP contribution in [0.5, 0.6) is 0 Å². The first-order valence-electron chi connectivity index (χ1n) is 18.2. The first-order valence-corrected chi connectivity index (χ1v) is 18.2. The highest BCUT2D eigenvalue weighted by atomic mass is 15.0. The normalized spacial score (nSPS) is 11.7. The van der Waals surface area contributed by atoms with Crippen molar-refractivity contribution in [1.29, 1.82) is 0 Å². The van der Waals surface area contributed by atoms with E-state index in [0.29, 0.717) is 17.5 Å². The molecule has 11 rings (SSSR count). The van der Waals surface area contributed by atoms with Crippen molar-refractivity contribution in [2.75, 3.05) is 0 Å². The van der Waals surface area contributed by atoms with Gasteiger partial charge in [0.25, 0.3) is 0 Å². The van der Waals surface area contributed by atoms with Gasteiger partial charge in [0.05, 0.1) is 22.1 Å². The second-order valence-corrected chi connectivity index (χ2v) is 13.7. The van der Waals surface area contributed by atoms with E-state index < -0.39 is 0 Å². The molecule has 54 heavy (non-hydrogen) atoms. The lowest BCUT2D eigenvalue weighted by molar-refractivity contribution is 1.07. The molecule has 0 spiro atoms. The summed E-state index contributed by atoms with van der Waals surface area (Å²) in [6.45, 7) is 0. The molecule has 5 heteroatoms. The zero-order valence-electron chi connectivity index (χ0n) is 29.1. The van der Waals surface area contributed by atoms with Crippen molar-refractivity contribution < 1.29 is 0 Å². The maximum atomic E-state index is 5.12. The number of hydrogen-bond donors (Lipinski definition) is 0. The minimum atomic E-state index is 0.626. The summed E-state index contributed by atoms with van der Waals surface area (Å²) in [5, 5.41) is 7.22. The third kappa shape index (κ3) is 4.83. The Kier molecular flexibility index (Phi) is 6.79. The predicted octanol–water partition coefficient (Wildman–Crippen LogP) is 12.2. The molecule has 3 heterocycles. The number of fused-ring (bicyclic) bond motifs is 7. The van der Waals surface area contributed by atoms with E-state index >= 15 is 0 Å². The van der Waals surface area contributed by atoms with E-state index in [2.05, 4.69) is 167 Å². The molecular formula is C49H31N5. The highest BCUT2D eigenvalue weighted by molar-refractivity contribution is 6.12. The van der Waals surface area contributed by atoms with Gasteiger partial charge in [0.1, 0.15) is 0 Å². The molecule has 5 nitrogen and oxygen atoms in total. The van der Waals surface area contributed by atoms with Gasteiger partial charge in [0.2, 0.25) is 0 Å². The maximum absolute atomic E-state index is 5.12. The zero-order chi connectivity index (χ0) is 35.6. The fraction of sp³-hybridized carbons (Fsp3) is 0. The van der Waals surface area contributed by atoms with Crippen molar-refractivity contribution in [3.8, 4) is 45.5 Å². The lowest BCUT2D eigenvalue weighted by Gasteiger charge is -2.13. The Bertz CT molecular complexity index is 3170. The molecule has 0 radical (unpaired) electrons. The molecule has 3 aromatic heterocycles. The predicted molar refractivity (Wildman–Crippen MR) is 222 cm³/mol. The molecule has 0 saturated heterocycles. The average molecular weight is 690 g/mol. The molecule has 0 bridgehead atoms. The van der Waals surface area contributed by atoms with Crippen LogP contribution in [0, 0.1) is 0 Å². The first kappa shape index (κ1) is 30.3. The Morgan fingerprint density at radius 1 is 0.278 bits per heavy atom. The summed E-state index contributed by atoms with van der Waals surface area (Å²) in [5.74, 6) is 1.91. The first-order chi connectivity index (χ1) is 26.8. The summed E-state index contributed by atoms with van der Waals surface area (Å²) in [7, 11) is 0. The Balaban J connectivity index is 1.11. The van der Waals surface area contributed by atoms with Gasteiger partial charge in [0.15, 0.2) is 17.5 Å². The molecular weight excluding hydrogens is 659 g/mol. The van der Waals surface area contributed by atoms with Crippen LogP contribution >= 0.6 is 0 Å². The van der Waals surface area contributed by atoms with Gasteiger partial charge < -0.3 is 9.13 Å². The molecule has 0 amide bonds. The van der Waals surface area contributed by atoms with E-state index in [9.17, 15) is 0 Å². The number of hydrogen-bond acceptors (Lipinski definition) is 3. The van der Waals surface area contributed by atoms with Crippen LogP contribution in [-0.2, 0) is 0 Å². The van der Waals surface area contributed by atoms with Crippen LogP contribution < -0.4 is 0 Å². The largest absolute Gasteiger partial charge is 0.309 e. The smallest absolute Gasteiger partial charge is 0.164 e. The van der Waals surface area contributed by atoms with Gasteiger partial charge in [-0.15, -0.1) is 0 Å². The maximum Gasteiger partial charge on any atom is 0.164 e. The van der Waals surface area contributed by atoms with Gasteiger partial charge in [0, 0.05) is 49.6 Å². The van der Waals surface area contributed by atoms with Crippen LogP contribution in [0.4, 0.5) is 0 Å². The second-order valence-electron chi connectivity index (χ2n) is 13.7. The van der Waals surface area contributed by atoms with E-state index in [4.69, 9.17) is 15.0 Å². The van der Waals surface area contributed by atoms with Gasteiger partial charge in [-0.3, -0.25) is 0 Å². The van der Waals surface area contributed by atoms with Gasteiger partial charge in [-0.05, 0) is 59.3 Å². The van der Waals surface area contributed by atoms with Gasteiger partial charge >= 0.3 is 0 Å². The molecule has 0 aliphatic carbocycles. The number of aromatic nitrogens is 5. The summed E-state index contributed by atoms with van der Waals surface area (Å²) in [4.78, 5) is 15.2. The number of para-hydroxylation sites is 3. The van der Waals surface area contributed by atoms with E-state index in [1.54, 1.807) is 0 Å². The molecule has 0 aliphatic rings. The van der Waals surface area contributed by atoms with Crippen LogP contribution in [-0.4, -0.2) is 24.1 Å². The van der Waals surface area contributed by atoms with Crippen molar-refractivity contribution in [1.82, 2.24) is 24.1 Å². The summed E-state index contributed by atoms with van der Waals surface area (Å²) < 4.78 is 4.75. The molecule has 0 aliphatic heterocycles. The van der Waals surface area contributed by atoms with Crippen molar-refractivity contribution in [3.63, 3.8) is 0 Å². The number of nitrogens with zero attached hydrogens (tertiary/aromatic N) is 5. The van der Waals surface area contributed by atoms with Crippen molar-refractivity contribution in [2.45, 2.75) is 0 Å². The minimum absolute atomic E-state index is 0.626. The third-order valence-corrected chi connectivity index (χ3v) is 10.5. The van der Waals surface area contributed by atoms with Crippen LogP contribution in [0.1, 0.15) is 0 Å². The Labute approximate surface area is 311 Å².